The van der Waals surface area contributed by atoms with Crippen molar-refractivity contribution in [1.29, 1.82) is 0 Å². The van der Waals surface area contributed by atoms with Gasteiger partial charge < -0.3 is 24.1 Å². The zero-order chi connectivity index (χ0) is 10.8. The lowest BCUT2D eigenvalue weighted by atomic mass is 10.1. The van der Waals surface area contributed by atoms with Crippen LogP contribution in [0.25, 0.3) is 0 Å². The molecule has 15 heavy (non-hydrogen) atoms. The number of hydrogen-bond donors (Lipinski definition) is 1. The molecule has 1 unspecified atom stereocenters. The van der Waals surface area contributed by atoms with Gasteiger partial charge in [0.1, 0.15) is 24.4 Å². The van der Waals surface area contributed by atoms with Crippen LogP contribution in [0.5, 0.6) is 0 Å². The first-order valence-electron chi connectivity index (χ1n) is 5.35. The van der Waals surface area contributed by atoms with Crippen molar-refractivity contribution < 1.29 is 24.1 Å². The van der Waals surface area contributed by atoms with Gasteiger partial charge in [0, 0.05) is 7.11 Å². The van der Waals surface area contributed by atoms with Gasteiger partial charge in [0.2, 0.25) is 0 Å². The van der Waals surface area contributed by atoms with E-state index in [1.165, 1.54) is 0 Å². The molecule has 0 aliphatic carbocycles. The molecule has 5 nitrogen and oxygen atoms in total. The summed E-state index contributed by atoms with van der Waals surface area (Å²) in [6.07, 6.45) is -0.503. The first-order valence-corrected chi connectivity index (χ1v) is 5.35. The number of hydrogen-bond acceptors (Lipinski definition) is 5. The van der Waals surface area contributed by atoms with E-state index < -0.39 is 6.29 Å². The van der Waals surface area contributed by atoms with E-state index in [2.05, 4.69) is 0 Å². The maximum Gasteiger partial charge on any atom is 0.154 e. The maximum absolute atomic E-state index is 9.40. The molecule has 88 valence electrons. The molecule has 2 aliphatic heterocycles. The minimum Gasteiger partial charge on any atom is -0.376 e. The summed E-state index contributed by atoms with van der Waals surface area (Å²) >= 11 is 0. The lowest BCUT2D eigenvalue weighted by Gasteiger charge is -2.19. The Hall–Kier alpha value is -0.200. The SMILES string of the molecule is CCC(O)O[C@@H]1CO[C@H]2[C@@H]1OC[C@H]2OC. The van der Waals surface area contributed by atoms with Crippen LogP contribution in [0.2, 0.25) is 0 Å². The summed E-state index contributed by atoms with van der Waals surface area (Å²) in [5, 5.41) is 9.40. The molecule has 2 rings (SSSR count). The molecule has 0 saturated carbocycles. The van der Waals surface area contributed by atoms with Crippen molar-refractivity contribution in [1.82, 2.24) is 0 Å². The molecule has 0 aromatic heterocycles. The van der Waals surface area contributed by atoms with Crippen LogP contribution in [-0.4, -0.2) is 56.1 Å². The third-order valence-electron chi connectivity index (χ3n) is 2.95. The van der Waals surface area contributed by atoms with E-state index in [0.29, 0.717) is 19.6 Å². The molecular formula is C10H18O5. The summed E-state index contributed by atoms with van der Waals surface area (Å²) in [5.74, 6) is 0. The second kappa shape index (κ2) is 4.76. The minimum atomic E-state index is -0.734. The Morgan fingerprint density at radius 3 is 2.47 bits per heavy atom. The summed E-state index contributed by atoms with van der Waals surface area (Å²) in [5.41, 5.74) is 0. The van der Waals surface area contributed by atoms with Gasteiger partial charge in [0.15, 0.2) is 6.29 Å². The van der Waals surface area contributed by atoms with Crippen molar-refractivity contribution in [3.8, 4) is 0 Å². The lowest BCUT2D eigenvalue weighted by Crippen LogP contribution is -2.35. The highest BCUT2D eigenvalue weighted by Crippen LogP contribution is 2.30. The van der Waals surface area contributed by atoms with Gasteiger partial charge in [-0.25, -0.2) is 0 Å². The van der Waals surface area contributed by atoms with Crippen LogP contribution in [0.1, 0.15) is 13.3 Å². The van der Waals surface area contributed by atoms with Crippen molar-refractivity contribution >= 4 is 0 Å². The molecule has 0 spiro atoms. The zero-order valence-electron chi connectivity index (χ0n) is 9.09. The summed E-state index contributed by atoms with van der Waals surface area (Å²) in [6.45, 7) is 2.87. The quantitative estimate of drug-likeness (QED) is 0.668. The summed E-state index contributed by atoms with van der Waals surface area (Å²) in [6, 6.07) is 0. The van der Waals surface area contributed by atoms with Crippen molar-refractivity contribution in [3.05, 3.63) is 0 Å². The second-order valence-electron chi connectivity index (χ2n) is 3.91. The molecule has 5 heteroatoms. The fraction of sp³-hybridized carbons (Fsp3) is 1.00. The third kappa shape index (κ3) is 2.16. The smallest absolute Gasteiger partial charge is 0.154 e. The number of methoxy groups -OCH3 is 1. The fourth-order valence-electron chi connectivity index (χ4n) is 2.05. The van der Waals surface area contributed by atoms with Gasteiger partial charge in [0.05, 0.1) is 13.2 Å². The van der Waals surface area contributed by atoms with Crippen molar-refractivity contribution in [3.63, 3.8) is 0 Å². The molecule has 5 atom stereocenters. The average molecular weight is 218 g/mol. The van der Waals surface area contributed by atoms with Crippen LogP contribution in [0.3, 0.4) is 0 Å². The first-order chi connectivity index (χ1) is 7.26. The van der Waals surface area contributed by atoms with E-state index >= 15 is 0 Å². The van der Waals surface area contributed by atoms with Crippen LogP contribution < -0.4 is 0 Å². The molecular weight excluding hydrogens is 200 g/mol. The van der Waals surface area contributed by atoms with Gasteiger partial charge in [0.25, 0.3) is 0 Å². The largest absolute Gasteiger partial charge is 0.376 e. The Morgan fingerprint density at radius 2 is 1.87 bits per heavy atom. The average Bonchev–Trinajstić information content (AvgIpc) is 2.80. The van der Waals surface area contributed by atoms with Crippen LogP contribution >= 0.6 is 0 Å². The van der Waals surface area contributed by atoms with Crippen molar-refractivity contribution in [2.45, 2.75) is 44.1 Å². The van der Waals surface area contributed by atoms with E-state index in [4.69, 9.17) is 18.9 Å². The molecule has 0 radical (unpaired) electrons. The number of fused-ring (bicyclic) bond motifs is 1. The molecule has 0 aromatic rings. The zero-order valence-corrected chi connectivity index (χ0v) is 9.09. The van der Waals surface area contributed by atoms with Crippen LogP contribution in [-0.2, 0) is 18.9 Å². The fourth-order valence-corrected chi connectivity index (χ4v) is 2.05. The van der Waals surface area contributed by atoms with Crippen molar-refractivity contribution in [2.75, 3.05) is 20.3 Å². The Balaban J connectivity index is 1.90. The monoisotopic (exact) mass is 218 g/mol. The van der Waals surface area contributed by atoms with Crippen LogP contribution in [0.15, 0.2) is 0 Å². The summed E-state index contributed by atoms with van der Waals surface area (Å²) in [4.78, 5) is 0. The third-order valence-corrected chi connectivity index (χ3v) is 2.95. The molecule has 2 heterocycles. The van der Waals surface area contributed by atoms with Gasteiger partial charge in [-0.2, -0.15) is 0 Å². The van der Waals surface area contributed by atoms with E-state index in [-0.39, 0.29) is 24.4 Å². The Bertz CT molecular complexity index is 210. The molecule has 1 N–H and O–H groups in total. The summed E-state index contributed by atoms with van der Waals surface area (Å²) in [7, 11) is 1.65. The highest BCUT2D eigenvalue weighted by Gasteiger charge is 2.48. The highest BCUT2D eigenvalue weighted by atomic mass is 16.7. The molecule has 0 aromatic carbocycles. The number of aliphatic hydroxyl groups excluding tert-OH is 1. The van der Waals surface area contributed by atoms with E-state index in [1.807, 2.05) is 6.92 Å². The Morgan fingerprint density at radius 1 is 1.27 bits per heavy atom. The Kier molecular flexibility index (Phi) is 3.58. The molecule has 0 amide bonds. The molecule has 0 bridgehead atoms. The highest BCUT2D eigenvalue weighted by molar-refractivity contribution is 4.95. The van der Waals surface area contributed by atoms with Gasteiger partial charge >= 0.3 is 0 Å². The van der Waals surface area contributed by atoms with Gasteiger partial charge in [-0.15, -0.1) is 0 Å². The lowest BCUT2D eigenvalue weighted by molar-refractivity contribution is -0.159. The molecule has 2 aliphatic rings. The number of aliphatic hydroxyl groups is 1. The number of ether oxygens (including phenoxy) is 4. The van der Waals surface area contributed by atoms with Gasteiger partial charge in [-0.3, -0.25) is 0 Å². The second-order valence-corrected chi connectivity index (χ2v) is 3.91. The van der Waals surface area contributed by atoms with Crippen LogP contribution in [0, 0.1) is 0 Å². The van der Waals surface area contributed by atoms with Crippen LogP contribution in [0.4, 0.5) is 0 Å². The first kappa shape index (κ1) is 11.3. The van der Waals surface area contributed by atoms with E-state index in [1.54, 1.807) is 7.11 Å². The molecule has 2 saturated heterocycles. The Labute approximate surface area is 89.3 Å². The predicted molar refractivity (Wildman–Crippen MR) is 51.4 cm³/mol. The minimum absolute atomic E-state index is 0.0117. The maximum atomic E-state index is 9.40. The number of rotatable bonds is 4. The topological polar surface area (TPSA) is 57.2 Å². The standard InChI is InChI=1S/C10H18O5/c1-3-8(11)15-7-5-14-9-6(12-2)4-13-10(7)9/h6-11H,3-5H2,1-2H3/t6-,7-,8?,9-,10-/m1/s1. The molecule has 2 fully saturated rings. The predicted octanol–water partition coefficient (Wildman–Crippen LogP) is -0.0874. The van der Waals surface area contributed by atoms with E-state index in [0.717, 1.165) is 0 Å². The van der Waals surface area contributed by atoms with Gasteiger partial charge in [-0.1, -0.05) is 6.92 Å². The van der Waals surface area contributed by atoms with Crippen molar-refractivity contribution in [2.24, 2.45) is 0 Å². The van der Waals surface area contributed by atoms with Gasteiger partial charge in [-0.05, 0) is 6.42 Å². The van der Waals surface area contributed by atoms with E-state index in [9.17, 15) is 5.11 Å². The summed E-state index contributed by atoms with van der Waals surface area (Å²) < 4.78 is 21.8. The normalized spacial score (nSPS) is 41.8.